The third-order valence-corrected chi connectivity index (χ3v) is 7.58. The predicted molar refractivity (Wildman–Crippen MR) is 128 cm³/mol. The molecule has 2 N–H and O–H groups in total. The van der Waals surface area contributed by atoms with Crippen molar-refractivity contribution in [2.45, 2.75) is 114 Å². The number of carbonyl (C=O) groups excluding carboxylic acids is 2. The summed E-state index contributed by atoms with van der Waals surface area (Å²) < 4.78 is 39.3. The molecule has 0 spiro atoms. The van der Waals surface area contributed by atoms with Gasteiger partial charge < -0.3 is 39.1 Å². The lowest BCUT2D eigenvalue weighted by Gasteiger charge is -2.25. The van der Waals surface area contributed by atoms with Gasteiger partial charge in [0.25, 0.3) is 0 Å². The lowest BCUT2D eigenvalue weighted by atomic mass is 10.0. The molecule has 16 nitrogen and oxygen atoms in total. The number of nitrogens with zero attached hydrogens (tertiary/aromatic N) is 6. The fourth-order valence-electron chi connectivity index (χ4n) is 5.89. The molecule has 2 aromatic rings. The number of rotatable bonds is 0. The number of hydrogen-bond donors (Lipinski definition) is 2. The van der Waals surface area contributed by atoms with Gasteiger partial charge in [-0.3, -0.25) is 19.0 Å². The molecule has 0 aromatic carbocycles. The summed E-state index contributed by atoms with van der Waals surface area (Å²) in [6, 6.07) is -1.12. The molecule has 2 aromatic heterocycles. The molecule has 4 bridgehead atoms. The Kier molecular flexibility index (Phi) is 5.99. The van der Waals surface area contributed by atoms with Gasteiger partial charge in [-0.15, -0.1) is 10.2 Å². The molecule has 0 saturated carbocycles. The number of fused-ring (bicyclic) bond motifs is 12. The number of aryl methyl sites for hydroxylation is 2. The Bertz CT molecular complexity index is 1210. The normalized spacial score (nSPS) is 38.4. The zero-order valence-electron chi connectivity index (χ0n) is 22.6. The molecular formula is C24H32N8O8. The van der Waals surface area contributed by atoms with E-state index < -0.39 is 60.7 Å². The van der Waals surface area contributed by atoms with Crippen molar-refractivity contribution >= 4 is 11.8 Å². The Morgan fingerprint density at radius 1 is 0.725 bits per heavy atom. The van der Waals surface area contributed by atoms with Gasteiger partial charge >= 0.3 is 0 Å². The van der Waals surface area contributed by atoms with E-state index in [4.69, 9.17) is 28.4 Å². The van der Waals surface area contributed by atoms with E-state index >= 15 is 0 Å². The molecule has 7 heterocycles. The van der Waals surface area contributed by atoms with Crippen LogP contribution in [0, 0.1) is 0 Å². The molecule has 0 aliphatic carbocycles. The highest BCUT2D eigenvalue weighted by molar-refractivity contribution is 5.77. The van der Waals surface area contributed by atoms with Gasteiger partial charge in [-0.1, -0.05) is 10.4 Å². The highest BCUT2D eigenvalue weighted by Gasteiger charge is 2.57. The molecule has 4 fully saturated rings. The molecule has 5 aliphatic heterocycles. The quantitative estimate of drug-likeness (QED) is 0.420. The van der Waals surface area contributed by atoms with Crippen molar-refractivity contribution < 1.29 is 38.0 Å². The smallest absolute Gasteiger partial charge is 0.222 e. The molecular weight excluding hydrogens is 528 g/mol. The maximum Gasteiger partial charge on any atom is 0.222 e. The van der Waals surface area contributed by atoms with Crippen molar-refractivity contribution in [2.75, 3.05) is 0 Å². The Balaban J connectivity index is 1.16. The van der Waals surface area contributed by atoms with Gasteiger partial charge in [0, 0.05) is 12.8 Å². The number of aromatic nitrogens is 6. The second-order valence-electron chi connectivity index (χ2n) is 11.5. The first-order valence-corrected chi connectivity index (χ1v) is 13.4. The summed E-state index contributed by atoms with van der Waals surface area (Å²) in [6.45, 7) is 7.70. The van der Waals surface area contributed by atoms with Gasteiger partial charge in [0.15, 0.2) is 24.2 Å². The van der Waals surface area contributed by atoms with Crippen LogP contribution in [-0.2, 0) is 51.1 Å². The van der Waals surface area contributed by atoms with E-state index in [1.807, 2.05) is 0 Å². The maximum atomic E-state index is 13.1. The van der Waals surface area contributed by atoms with Gasteiger partial charge in [0.2, 0.25) is 11.8 Å². The number of nitrogens with one attached hydrogen (secondary N) is 2. The molecule has 16 heteroatoms. The second kappa shape index (κ2) is 9.25. The van der Waals surface area contributed by atoms with Crippen LogP contribution in [0.5, 0.6) is 0 Å². The molecule has 40 heavy (non-hydrogen) atoms. The summed E-state index contributed by atoms with van der Waals surface area (Å²) in [5.74, 6) is -2.16. The molecule has 216 valence electrons. The summed E-state index contributed by atoms with van der Waals surface area (Å²) in [5, 5.41) is 23.0. The maximum absolute atomic E-state index is 13.1. The third kappa shape index (κ3) is 4.67. The first kappa shape index (κ1) is 25.9. The number of amides is 2. The van der Waals surface area contributed by atoms with E-state index in [9.17, 15) is 9.59 Å². The standard InChI is InChI=1S/C24H32N8O8/c1-23(2)37-19-15-17(35-21(19)39-23)11-9-31(29-27-11)8-6-14(34)26-16-18(36-22-20(16)38-24(3,4)40-22)12-10-32(30-28-12)7-5-13(33)25-15/h9-10,15-22H,5-8H2,1-4H3,(H,25,33)(H,26,34)/t15-,16-,17+,18+,19+,20+,21+,22+/m0/s1. The van der Waals surface area contributed by atoms with E-state index in [0.29, 0.717) is 11.4 Å². The SMILES string of the molecule is CC1(C)O[C@H]2O[C@@H]3c4cn(nn4)CCC(=O)N[C@@H]4[C@H]5OC(C)(C)O[C@H]5O[C@@H]4c4cn(nn4)CCC(=O)N[C@@H]3[C@H]2O1. The van der Waals surface area contributed by atoms with Crippen LogP contribution in [0.3, 0.4) is 0 Å². The number of hydrogen-bond acceptors (Lipinski definition) is 12. The van der Waals surface area contributed by atoms with Crippen molar-refractivity contribution in [3.8, 4) is 0 Å². The fourth-order valence-corrected chi connectivity index (χ4v) is 5.89. The average Bonchev–Trinajstić information content (AvgIpc) is 3.69. The summed E-state index contributed by atoms with van der Waals surface area (Å²) in [7, 11) is 0. The minimum atomic E-state index is -0.858. The first-order valence-electron chi connectivity index (χ1n) is 13.4. The second-order valence-corrected chi connectivity index (χ2v) is 11.5. The van der Waals surface area contributed by atoms with E-state index in [-0.39, 0.29) is 37.7 Å². The van der Waals surface area contributed by atoms with Crippen molar-refractivity contribution in [1.29, 1.82) is 0 Å². The van der Waals surface area contributed by atoms with Crippen LogP contribution in [0.15, 0.2) is 12.4 Å². The minimum absolute atomic E-state index is 0.123. The largest absolute Gasteiger partial charge is 0.347 e. The van der Waals surface area contributed by atoms with Crippen LogP contribution in [0.25, 0.3) is 0 Å². The Hall–Kier alpha value is -3.02. The van der Waals surface area contributed by atoms with Crippen LogP contribution >= 0.6 is 0 Å². The van der Waals surface area contributed by atoms with Crippen LogP contribution in [0.4, 0.5) is 0 Å². The number of carbonyl (C=O) groups is 2. The molecule has 5 aliphatic rings. The predicted octanol–water partition coefficient (Wildman–Crippen LogP) is -0.569. The van der Waals surface area contributed by atoms with Crippen molar-refractivity contribution in [3.05, 3.63) is 23.8 Å². The third-order valence-electron chi connectivity index (χ3n) is 7.58. The first-order chi connectivity index (χ1) is 19.0. The van der Waals surface area contributed by atoms with Gasteiger partial charge in [0.1, 0.15) is 35.8 Å². The van der Waals surface area contributed by atoms with E-state index in [1.165, 1.54) is 0 Å². The van der Waals surface area contributed by atoms with E-state index in [1.54, 1.807) is 49.5 Å². The van der Waals surface area contributed by atoms with Gasteiger partial charge in [-0.25, -0.2) is 0 Å². The van der Waals surface area contributed by atoms with E-state index in [2.05, 4.69) is 31.3 Å². The highest BCUT2D eigenvalue weighted by Crippen LogP contribution is 2.44. The minimum Gasteiger partial charge on any atom is -0.347 e. The van der Waals surface area contributed by atoms with Gasteiger partial charge in [-0.05, 0) is 27.7 Å². The Morgan fingerprint density at radius 3 is 1.57 bits per heavy atom. The van der Waals surface area contributed by atoms with Crippen LogP contribution in [0.1, 0.15) is 64.1 Å². The molecule has 0 radical (unpaired) electrons. The molecule has 8 atom stereocenters. The molecule has 2 amide bonds. The summed E-state index contributed by atoms with van der Waals surface area (Å²) >= 11 is 0. The number of ether oxygens (including phenoxy) is 6. The topological polar surface area (TPSA) is 175 Å². The van der Waals surface area contributed by atoms with Crippen molar-refractivity contribution in [1.82, 2.24) is 40.6 Å². The fraction of sp³-hybridized carbons (Fsp3) is 0.750. The monoisotopic (exact) mass is 560 g/mol. The lowest BCUT2D eigenvalue weighted by Crippen LogP contribution is -2.46. The van der Waals surface area contributed by atoms with E-state index in [0.717, 1.165) is 0 Å². The molecule has 0 unspecified atom stereocenters. The summed E-state index contributed by atoms with van der Waals surface area (Å²) in [5.41, 5.74) is 0.996. The summed E-state index contributed by atoms with van der Waals surface area (Å²) in [4.78, 5) is 26.2. The highest BCUT2D eigenvalue weighted by atomic mass is 16.8. The molecule has 4 saturated heterocycles. The van der Waals surface area contributed by atoms with Crippen LogP contribution in [0.2, 0.25) is 0 Å². The van der Waals surface area contributed by atoms with Crippen molar-refractivity contribution in [3.63, 3.8) is 0 Å². The van der Waals surface area contributed by atoms with Crippen LogP contribution in [-0.4, -0.2) is 90.2 Å². The zero-order valence-corrected chi connectivity index (χ0v) is 22.6. The Labute approximate surface area is 228 Å². The zero-order chi connectivity index (χ0) is 27.8. The van der Waals surface area contributed by atoms with Crippen LogP contribution < -0.4 is 10.6 Å². The average molecular weight is 561 g/mol. The van der Waals surface area contributed by atoms with Crippen molar-refractivity contribution in [2.24, 2.45) is 0 Å². The van der Waals surface area contributed by atoms with Gasteiger partial charge in [-0.2, -0.15) is 0 Å². The molecule has 7 rings (SSSR count). The lowest BCUT2D eigenvalue weighted by molar-refractivity contribution is -0.209. The Morgan fingerprint density at radius 2 is 1.15 bits per heavy atom. The van der Waals surface area contributed by atoms with Gasteiger partial charge in [0.05, 0.1) is 37.6 Å². The summed E-state index contributed by atoms with van der Waals surface area (Å²) in [6.07, 6.45) is -0.0654.